The van der Waals surface area contributed by atoms with Gasteiger partial charge in [0.05, 0.1) is 19.2 Å². The summed E-state index contributed by atoms with van der Waals surface area (Å²) in [5.41, 5.74) is 1.71. The van der Waals surface area contributed by atoms with Gasteiger partial charge in [-0.05, 0) is 37.1 Å². The van der Waals surface area contributed by atoms with Gasteiger partial charge in [-0.2, -0.15) is 0 Å². The maximum absolute atomic E-state index is 11.3. The van der Waals surface area contributed by atoms with E-state index in [4.69, 9.17) is 9.47 Å². The number of ether oxygens (including phenoxy) is 2. The van der Waals surface area contributed by atoms with E-state index in [0.717, 1.165) is 22.9 Å². The minimum Gasteiger partial charge on any atom is -0.497 e. The Morgan fingerprint density at radius 2 is 2.10 bits per heavy atom. The fourth-order valence-corrected chi connectivity index (χ4v) is 1.99. The number of aromatic carboxylic acids is 1. The highest BCUT2D eigenvalue weighted by Gasteiger charge is 2.16. The molecule has 0 aliphatic carbocycles. The summed E-state index contributed by atoms with van der Waals surface area (Å²) in [6.07, 6.45) is 0.792. The van der Waals surface area contributed by atoms with Crippen molar-refractivity contribution >= 4 is 16.9 Å². The number of fused-ring (bicyclic) bond motifs is 1. The Hall–Kier alpha value is -2.30. The molecule has 0 saturated heterocycles. The lowest BCUT2D eigenvalue weighted by atomic mass is 10.1. The highest BCUT2D eigenvalue weighted by molar-refractivity contribution is 5.96. The van der Waals surface area contributed by atoms with E-state index >= 15 is 0 Å². The molecular weight excluding hydrogens is 258 g/mol. The normalized spacial score (nSPS) is 10.6. The Morgan fingerprint density at radius 3 is 2.70 bits per heavy atom. The van der Waals surface area contributed by atoms with E-state index < -0.39 is 5.97 Å². The van der Waals surface area contributed by atoms with Crippen molar-refractivity contribution in [3.05, 3.63) is 29.3 Å². The molecule has 5 nitrogen and oxygen atoms in total. The van der Waals surface area contributed by atoms with E-state index in [-0.39, 0.29) is 11.4 Å². The molecule has 0 fully saturated rings. The first-order valence-corrected chi connectivity index (χ1v) is 6.42. The monoisotopic (exact) mass is 275 g/mol. The number of pyridine rings is 1. The van der Waals surface area contributed by atoms with Crippen molar-refractivity contribution in [2.24, 2.45) is 0 Å². The van der Waals surface area contributed by atoms with E-state index in [9.17, 15) is 9.90 Å². The summed E-state index contributed by atoms with van der Waals surface area (Å²) in [5, 5.41) is 9.99. The van der Waals surface area contributed by atoms with Crippen LogP contribution in [-0.4, -0.2) is 29.8 Å². The molecule has 2 rings (SSSR count). The molecule has 5 heteroatoms. The molecule has 1 aromatic heterocycles. The van der Waals surface area contributed by atoms with Crippen LogP contribution in [0.2, 0.25) is 0 Å². The number of aryl methyl sites for hydroxylation is 1. The van der Waals surface area contributed by atoms with Crippen LogP contribution in [0.25, 0.3) is 10.9 Å². The lowest BCUT2D eigenvalue weighted by molar-refractivity contribution is 0.0691. The van der Waals surface area contributed by atoms with Gasteiger partial charge < -0.3 is 14.6 Å². The molecule has 0 atom stereocenters. The van der Waals surface area contributed by atoms with Crippen molar-refractivity contribution in [2.75, 3.05) is 13.7 Å². The van der Waals surface area contributed by atoms with E-state index in [0.29, 0.717) is 12.4 Å². The molecule has 0 unspecified atom stereocenters. The first-order valence-electron chi connectivity index (χ1n) is 6.42. The van der Waals surface area contributed by atoms with Gasteiger partial charge in [-0.1, -0.05) is 6.92 Å². The smallest absolute Gasteiger partial charge is 0.341 e. The summed E-state index contributed by atoms with van der Waals surface area (Å²) in [5.74, 6) is -0.207. The van der Waals surface area contributed by atoms with Crippen molar-refractivity contribution in [2.45, 2.75) is 20.3 Å². The molecule has 20 heavy (non-hydrogen) atoms. The van der Waals surface area contributed by atoms with Gasteiger partial charge in [0.15, 0.2) is 0 Å². The van der Waals surface area contributed by atoms with E-state index in [1.165, 1.54) is 0 Å². The number of rotatable bonds is 5. The minimum atomic E-state index is -1.05. The molecule has 0 radical (unpaired) electrons. The quantitative estimate of drug-likeness (QED) is 0.908. The van der Waals surface area contributed by atoms with Crippen molar-refractivity contribution in [1.29, 1.82) is 0 Å². The van der Waals surface area contributed by atoms with Gasteiger partial charge in [0, 0.05) is 5.39 Å². The Balaban J connectivity index is 2.64. The molecule has 0 saturated carbocycles. The van der Waals surface area contributed by atoms with Gasteiger partial charge in [0.25, 0.3) is 0 Å². The molecule has 1 N–H and O–H groups in total. The summed E-state index contributed by atoms with van der Waals surface area (Å²) in [6, 6.07) is 5.20. The van der Waals surface area contributed by atoms with Crippen LogP contribution in [0.15, 0.2) is 18.2 Å². The predicted octanol–water partition coefficient (Wildman–Crippen LogP) is 3.04. The summed E-state index contributed by atoms with van der Waals surface area (Å²) < 4.78 is 10.6. The van der Waals surface area contributed by atoms with Gasteiger partial charge in [0.2, 0.25) is 5.88 Å². The largest absolute Gasteiger partial charge is 0.497 e. The zero-order valence-corrected chi connectivity index (χ0v) is 11.8. The van der Waals surface area contributed by atoms with Crippen LogP contribution in [0.4, 0.5) is 0 Å². The molecule has 0 aliphatic heterocycles. The maximum Gasteiger partial charge on any atom is 0.341 e. The van der Waals surface area contributed by atoms with Crippen LogP contribution in [0.3, 0.4) is 0 Å². The number of methoxy groups -OCH3 is 1. The van der Waals surface area contributed by atoms with E-state index in [2.05, 4.69) is 4.98 Å². The van der Waals surface area contributed by atoms with Gasteiger partial charge in [0.1, 0.15) is 11.3 Å². The molecule has 106 valence electrons. The SMILES string of the molecule is CCCOc1nc2c(C)cc(OC)cc2cc1C(=O)O. The first kappa shape index (κ1) is 14.1. The summed E-state index contributed by atoms with van der Waals surface area (Å²) >= 11 is 0. The third-order valence-corrected chi connectivity index (χ3v) is 2.96. The topological polar surface area (TPSA) is 68.7 Å². The highest BCUT2D eigenvalue weighted by atomic mass is 16.5. The lowest BCUT2D eigenvalue weighted by Crippen LogP contribution is -2.06. The number of benzene rings is 1. The number of hydrogen-bond donors (Lipinski definition) is 1. The summed E-state index contributed by atoms with van der Waals surface area (Å²) in [4.78, 5) is 15.7. The average molecular weight is 275 g/mol. The van der Waals surface area contributed by atoms with Gasteiger partial charge in [-0.25, -0.2) is 9.78 Å². The zero-order chi connectivity index (χ0) is 14.7. The number of aromatic nitrogens is 1. The number of hydrogen-bond acceptors (Lipinski definition) is 4. The Bertz CT molecular complexity index is 652. The maximum atomic E-state index is 11.3. The molecule has 0 amide bonds. The van der Waals surface area contributed by atoms with Crippen LogP contribution >= 0.6 is 0 Å². The van der Waals surface area contributed by atoms with Gasteiger partial charge in [-0.15, -0.1) is 0 Å². The second-order valence-corrected chi connectivity index (χ2v) is 4.51. The van der Waals surface area contributed by atoms with E-state index in [1.807, 2.05) is 19.9 Å². The number of nitrogens with zero attached hydrogens (tertiary/aromatic N) is 1. The molecule has 2 aromatic rings. The lowest BCUT2D eigenvalue weighted by Gasteiger charge is -2.11. The van der Waals surface area contributed by atoms with Crippen molar-refractivity contribution in [1.82, 2.24) is 4.98 Å². The Kier molecular flexibility index (Phi) is 4.08. The average Bonchev–Trinajstić information content (AvgIpc) is 2.44. The van der Waals surface area contributed by atoms with Crippen molar-refractivity contribution in [3.63, 3.8) is 0 Å². The molecular formula is C15H17NO4. The minimum absolute atomic E-state index is 0.0682. The van der Waals surface area contributed by atoms with Gasteiger partial charge in [-0.3, -0.25) is 0 Å². The number of carbonyl (C=O) groups is 1. The molecule has 0 aliphatic rings. The van der Waals surface area contributed by atoms with Crippen molar-refractivity contribution in [3.8, 4) is 11.6 Å². The molecule has 1 aromatic carbocycles. The van der Waals surface area contributed by atoms with Crippen LogP contribution < -0.4 is 9.47 Å². The first-order chi connectivity index (χ1) is 9.56. The molecule has 0 spiro atoms. The Morgan fingerprint density at radius 1 is 1.35 bits per heavy atom. The van der Waals surface area contributed by atoms with Crippen LogP contribution in [-0.2, 0) is 0 Å². The standard InChI is InChI=1S/C15H17NO4/c1-4-5-20-14-12(15(17)18)8-10-7-11(19-3)6-9(2)13(10)16-14/h6-8H,4-5H2,1-3H3,(H,17,18). The number of carboxylic acids is 1. The molecule has 1 heterocycles. The fourth-order valence-electron chi connectivity index (χ4n) is 1.99. The third-order valence-electron chi connectivity index (χ3n) is 2.96. The zero-order valence-electron chi connectivity index (χ0n) is 11.8. The highest BCUT2D eigenvalue weighted by Crippen LogP contribution is 2.28. The van der Waals surface area contributed by atoms with E-state index in [1.54, 1.807) is 19.2 Å². The predicted molar refractivity (Wildman–Crippen MR) is 75.8 cm³/mol. The second kappa shape index (κ2) is 5.77. The van der Waals surface area contributed by atoms with Crippen LogP contribution in [0.1, 0.15) is 29.3 Å². The van der Waals surface area contributed by atoms with Crippen molar-refractivity contribution < 1.29 is 19.4 Å². The summed E-state index contributed by atoms with van der Waals surface area (Å²) in [7, 11) is 1.57. The molecule has 0 bridgehead atoms. The fraction of sp³-hybridized carbons (Fsp3) is 0.333. The van der Waals surface area contributed by atoms with Gasteiger partial charge >= 0.3 is 5.97 Å². The second-order valence-electron chi connectivity index (χ2n) is 4.51. The summed E-state index contributed by atoms with van der Waals surface area (Å²) in [6.45, 7) is 4.30. The number of carboxylic acid groups (broad SMARTS) is 1. The third kappa shape index (κ3) is 2.66. The Labute approximate surface area is 117 Å². The van der Waals surface area contributed by atoms with Crippen LogP contribution in [0, 0.1) is 6.92 Å². The van der Waals surface area contributed by atoms with Crippen LogP contribution in [0.5, 0.6) is 11.6 Å².